The van der Waals surface area contributed by atoms with Gasteiger partial charge >= 0.3 is 0 Å². The molecule has 110 valence electrons. The number of hydrogen-bond acceptors (Lipinski definition) is 3. The van der Waals surface area contributed by atoms with E-state index in [1.807, 2.05) is 0 Å². The second-order valence-corrected chi connectivity index (χ2v) is 4.94. The molecule has 0 aromatic heterocycles. The van der Waals surface area contributed by atoms with Gasteiger partial charge in [-0.1, -0.05) is 41.9 Å². The molecule has 0 bridgehead atoms. The highest BCUT2D eigenvalue weighted by atomic mass is 35.5. The minimum Gasteiger partial charge on any atom is -0.482 e. The average Bonchev–Trinajstić information content (AvgIpc) is 2.47. The number of carbonyl (C=O) groups is 1. The molecular weight excluding hydrogens is 290 g/mol. The summed E-state index contributed by atoms with van der Waals surface area (Å²) in [6.07, 6.45) is -0.661. The van der Waals surface area contributed by atoms with E-state index in [0.29, 0.717) is 22.0 Å². The van der Waals surface area contributed by atoms with Crippen LogP contribution in [-0.2, 0) is 4.79 Å². The molecule has 0 aliphatic carbocycles. The summed E-state index contributed by atoms with van der Waals surface area (Å²) >= 11 is 5.94. The zero-order valence-corrected chi connectivity index (χ0v) is 12.3. The fourth-order valence-electron chi connectivity index (χ4n) is 1.87. The topological polar surface area (TPSA) is 58.6 Å². The summed E-state index contributed by atoms with van der Waals surface area (Å²) in [7, 11) is 0. The predicted molar refractivity (Wildman–Crippen MR) is 82.7 cm³/mol. The first kappa shape index (κ1) is 15.4. The van der Waals surface area contributed by atoms with Crippen molar-refractivity contribution in [1.29, 1.82) is 0 Å². The van der Waals surface area contributed by atoms with Gasteiger partial charge in [-0.2, -0.15) is 0 Å². The fourth-order valence-corrected chi connectivity index (χ4v) is 2.06. The largest absolute Gasteiger partial charge is 0.482 e. The maximum Gasteiger partial charge on any atom is 0.262 e. The molecule has 2 aromatic rings. The van der Waals surface area contributed by atoms with Gasteiger partial charge in [-0.15, -0.1) is 0 Å². The molecule has 2 N–H and O–H groups in total. The smallest absolute Gasteiger partial charge is 0.262 e. The van der Waals surface area contributed by atoms with Gasteiger partial charge in [0.2, 0.25) is 0 Å². The van der Waals surface area contributed by atoms with E-state index in [2.05, 4.69) is 5.32 Å². The van der Waals surface area contributed by atoms with Gasteiger partial charge in [-0.05, 0) is 25.1 Å². The third-order valence-corrected chi connectivity index (χ3v) is 3.19. The molecule has 5 heteroatoms. The minimum atomic E-state index is -0.661. The van der Waals surface area contributed by atoms with E-state index in [1.54, 1.807) is 55.5 Å². The van der Waals surface area contributed by atoms with Crippen LogP contribution in [-0.4, -0.2) is 17.6 Å². The van der Waals surface area contributed by atoms with Gasteiger partial charge in [0.05, 0.1) is 11.1 Å². The molecule has 0 saturated carbocycles. The molecule has 0 heterocycles. The van der Waals surface area contributed by atoms with E-state index in [9.17, 15) is 9.90 Å². The lowest BCUT2D eigenvalue weighted by atomic mass is 10.1. The SMILES string of the molecule is CC(O)c1ccccc1NC(=O)COc1ccccc1Cl. The Kier molecular flexibility index (Phi) is 5.20. The molecule has 0 aliphatic heterocycles. The molecule has 1 atom stereocenters. The minimum absolute atomic E-state index is 0.155. The van der Waals surface area contributed by atoms with Crippen LogP contribution in [0.15, 0.2) is 48.5 Å². The predicted octanol–water partition coefficient (Wildman–Crippen LogP) is 3.41. The number of carbonyl (C=O) groups excluding carboxylic acids is 1. The summed E-state index contributed by atoms with van der Waals surface area (Å²) in [5, 5.41) is 12.8. The molecule has 4 nitrogen and oxygen atoms in total. The first-order valence-corrected chi connectivity index (χ1v) is 6.90. The van der Waals surface area contributed by atoms with Crippen molar-refractivity contribution in [2.75, 3.05) is 11.9 Å². The molecule has 0 spiro atoms. The molecule has 1 amide bonds. The Hall–Kier alpha value is -2.04. The molecule has 1 unspecified atom stereocenters. The van der Waals surface area contributed by atoms with E-state index in [0.717, 1.165) is 0 Å². The van der Waals surface area contributed by atoms with Crippen molar-refractivity contribution in [3.05, 3.63) is 59.1 Å². The van der Waals surface area contributed by atoms with Gasteiger partial charge in [0.1, 0.15) is 5.75 Å². The van der Waals surface area contributed by atoms with Crippen molar-refractivity contribution < 1.29 is 14.6 Å². The van der Waals surface area contributed by atoms with Crippen molar-refractivity contribution in [2.24, 2.45) is 0 Å². The maximum atomic E-state index is 11.9. The fraction of sp³-hybridized carbons (Fsp3) is 0.188. The van der Waals surface area contributed by atoms with E-state index < -0.39 is 6.10 Å². The summed E-state index contributed by atoms with van der Waals surface area (Å²) < 4.78 is 5.36. The number of ether oxygens (including phenoxy) is 1. The van der Waals surface area contributed by atoms with Gasteiger partial charge < -0.3 is 15.2 Å². The zero-order chi connectivity index (χ0) is 15.2. The highest BCUT2D eigenvalue weighted by molar-refractivity contribution is 6.32. The number of amides is 1. The van der Waals surface area contributed by atoms with Gasteiger partial charge in [0.15, 0.2) is 6.61 Å². The Bertz CT molecular complexity index is 628. The van der Waals surface area contributed by atoms with E-state index >= 15 is 0 Å². The first-order chi connectivity index (χ1) is 10.1. The zero-order valence-electron chi connectivity index (χ0n) is 11.5. The van der Waals surface area contributed by atoms with Crippen LogP contribution in [0.4, 0.5) is 5.69 Å². The van der Waals surface area contributed by atoms with Crippen molar-refractivity contribution in [3.8, 4) is 5.75 Å². The van der Waals surface area contributed by atoms with Gasteiger partial charge in [-0.3, -0.25) is 4.79 Å². The second kappa shape index (κ2) is 7.11. The lowest BCUT2D eigenvalue weighted by Gasteiger charge is -2.13. The summed E-state index contributed by atoms with van der Waals surface area (Å²) in [6, 6.07) is 14.0. The number of anilines is 1. The molecule has 0 radical (unpaired) electrons. The number of para-hydroxylation sites is 2. The maximum absolute atomic E-state index is 11.9. The molecule has 21 heavy (non-hydrogen) atoms. The molecule has 2 aromatic carbocycles. The quantitative estimate of drug-likeness (QED) is 0.890. The van der Waals surface area contributed by atoms with Crippen LogP contribution in [0.1, 0.15) is 18.6 Å². The second-order valence-electron chi connectivity index (χ2n) is 4.53. The van der Waals surface area contributed by atoms with Crippen molar-refractivity contribution in [3.63, 3.8) is 0 Å². The Morgan fingerprint density at radius 2 is 1.90 bits per heavy atom. The molecule has 0 saturated heterocycles. The third kappa shape index (κ3) is 4.21. The average molecular weight is 306 g/mol. The monoisotopic (exact) mass is 305 g/mol. The highest BCUT2D eigenvalue weighted by Crippen LogP contribution is 2.24. The number of aliphatic hydroxyl groups excluding tert-OH is 1. The van der Waals surface area contributed by atoms with Crippen LogP contribution < -0.4 is 10.1 Å². The van der Waals surface area contributed by atoms with Gasteiger partial charge in [0.25, 0.3) is 5.91 Å². The van der Waals surface area contributed by atoms with E-state index in [1.165, 1.54) is 0 Å². The summed E-state index contributed by atoms with van der Waals surface area (Å²) in [6.45, 7) is 1.49. The van der Waals surface area contributed by atoms with Crippen LogP contribution in [0.5, 0.6) is 5.75 Å². The van der Waals surface area contributed by atoms with E-state index in [4.69, 9.17) is 16.3 Å². The summed E-state index contributed by atoms with van der Waals surface area (Å²) in [5.41, 5.74) is 1.23. The molecule has 2 rings (SSSR count). The Labute approximate surface area is 128 Å². The number of halogens is 1. The van der Waals surface area contributed by atoms with Crippen LogP contribution in [0.25, 0.3) is 0 Å². The molecule has 0 aliphatic rings. The normalized spacial score (nSPS) is 11.8. The van der Waals surface area contributed by atoms with E-state index in [-0.39, 0.29) is 12.5 Å². The number of aliphatic hydroxyl groups is 1. The van der Waals surface area contributed by atoms with Crippen LogP contribution in [0.3, 0.4) is 0 Å². The number of nitrogens with one attached hydrogen (secondary N) is 1. The first-order valence-electron chi connectivity index (χ1n) is 6.52. The Morgan fingerprint density at radius 3 is 2.62 bits per heavy atom. The lowest BCUT2D eigenvalue weighted by Crippen LogP contribution is -2.21. The van der Waals surface area contributed by atoms with Crippen LogP contribution in [0, 0.1) is 0 Å². The van der Waals surface area contributed by atoms with Crippen LogP contribution in [0.2, 0.25) is 5.02 Å². The Balaban J connectivity index is 1.98. The molecule has 0 fully saturated rings. The van der Waals surface area contributed by atoms with Gasteiger partial charge in [-0.25, -0.2) is 0 Å². The third-order valence-electron chi connectivity index (χ3n) is 2.88. The van der Waals surface area contributed by atoms with Crippen molar-refractivity contribution in [2.45, 2.75) is 13.0 Å². The Morgan fingerprint density at radius 1 is 1.24 bits per heavy atom. The number of hydrogen-bond donors (Lipinski definition) is 2. The van der Waals surface area contributed by atoms with Crippen molar-refractivity contribution in [1.82, 2.24) is 0 Å². The van der Waals surface area contributed by atoms with Gasteiger partial charge in [0, 0.05) is 11.3 Å². The number of rotatable bonds is 5. The highest BCUT2D eigenvalue weighted by Gasteiger charge is 2.11. The molecular formula is C16H16ClNO3. The summed E-state index contributed by atoms with van der Waals surface area (Å²) in [4.78, 5) is 11.9. The number of benzene rings is 2. The summed E-state index contributed by atoms with van der Waals surface area (Å²) in [5.74, 6) is 0.140. The standard InChI is InChI=1S/C16H16ClNO3/c1-11(19)12-6-2-4-8-14(12)18-16(20)10-21-15-9-5-3-7-13(15)17/h2-9,11,19H,10H2,1H3,(H,18,20). The van der Waals surface area contributed by atoms with Crippen molar-refractivity contribution >= 4 is 23.2 Å². The van der Waals surface area contributed by atoms with Crippen LogP contribution >= 0.6 is 11.6 Å². The lowest BCUT2D eigenvalue weighted by molar-refractivity contribution is -0.118.